The van der Waals surface area contributed by atoms with E-state index in [4.69, 9.17) is 18.9 Å². The van der Waals surface area contributed by atoms with Gasteiger partial charge in [0, 0.05) is 0 Å². The molecule has 1 aliphatic rings. The van der Waals surface area contributed by atoms with E-state index in [1.165, 1.54) is 10.9 Å². The zero-order chi connectivity index (χ0) is 37.6. The van der Waals surface area contributed by atoms with Crippen LogP contribution in [0.2, 0.25) is 0 Å². The molecule has 0 aliphatic carbocycles. The highest BCUT2D eigenvalue weighted by atomic mass is 19.1. The molecule has 55 heavy (non-hydrogen) atoms. The van der Waals surface area contributed by atoms with E-state index in [1.54, 1.807) is 7.11 Å². The molecular formula is C44H39F2N5O4. The number of aromatic nitrogens is 4. The number of hydrogen-bond donors (Lipinski definition) is 1. The number of fused-ring (bicyclic) bond motifs is 1. The van der Waals surface area contributed by atoms with Gasteiger partial charge < -0.3 is 24.3 Å². The van der Waals surface area contributed by atoms with Crippen molar-refractivity contribution in [2.45, 2.75) is 43.4 Å². The molecule has 0 spiro atoms. The largest absolute Gasteiger partial charge is 0.497 e. The Bertz CT molecular complexity index is 2260. The molecule has 8 rings (SSSR count). The first-order valence-corrected chi connectivity index (χ1v) is 18.0. The third-order valence-electron chi connectivity index (χ3n) is 9.86. The molecule has 278 valence electrons. The molecule has 1 saturated heterocycles. The summed E-state index contributed by atoms with van der Waals surface area (Å²) in [4.78, 5) is 13.0. The van der Waals surface area contributed by atoms with Gasteiger partial charge in [-0.05, 0) is 39.9 Å². The van der Waals surface area contributed by atoms with Gasteiger partial charge in [0.1, 0.15) is 23.5 Å². The predicted octanol–water partition coefficient (Wildman–Crippen LogP) is 8.42. The summed E-state index contributed by atoms with van der Waals surface area (Å²) in [6, 6.07) is 46.5. The van der Waals surface area contributed by atoms with Gasteiger partial charge in [0.25, 0.3) is 0 Å². The number of nitrogens with one attached hydrogen (secondary N) is 1. The maximum Gasteiger partial charge on any atom is 0.312 e. The van der Waals surface area contributed by atoms with Gasteiger partial charge in [-0.15, -0.1) is 0 Å². The number of halogens is 2. The van der Waals surface area contributed by atoms with Crippen LogP contribution in [0.25, 0.3) is 11.2 Å². The van der Waals surface area contributed by atoms with Crippen LogP contribution in [0.15, 0.2) is 152 Å². The average Bonchev–Trinajstić information content (AvgIpc) is 3.80. The minimum atomic E-state index is -1.67. The van der Waals surface area contributed by atoms with E-state index in [-0.39, 0.29) is 30.2 Å². The number of anilines is 1. The van der Waals surface area contributed by atoms with Crippen LogP contribution in [0.1, 0.15) is 34.0 Å². The normalized spacial score (nSPS) is 18.4. The second-order valence-corrected chi connectivity index (χ2v) is 13.3. The first-order chi connectivity index (χ1) is 27.0. The monoisotopic (exact) mass is 739 g/mol. The molecule has 11 heteroatoms. The van der Waals surface area contributed by atoms with Crippen LogP contribution in [0, 0.1) is 6.08 Å². The van der Waals surface area contributed by atoms with Crippen molar-refractivity contribution in [2.75, 3.05) is 19.0 Å². The van der Waals surface area contributed by atoms with Crippen LogP contribution in [-0.2, 0) is 33.0 Å². The molecular weight excluding hydrogens is 701 g/mol. The second-order valence-electron chi connectivity index (χ2n) is 13.3. The molecule has 2 aromatic heterocycles. The lowest BCUT2D eigenvalue weighted by Gasteiger charge is -2.37. The Kier molecular flexibility index (Phi) is 10.6. The van der Waals surface area contributed by atoms with E-state index in [0.717, 1.165) is 27.8 Å². The number of alkyl halides is 1. The second kappa shape index (κ2) is 16.2. The molecule has 1 fully saturated rings. The molecule has 0 bridgehead atoms. The number of hydrogen-bond acceptors (Lipinski definition) is 8. The third-order valence-corrected chi connectivity index (χ3v) is 9.86. The molecule has 0 saturated carbocycles. The molecule has 7 aromatic rings. The van der Waals surface area contributed by atoms with Crippen molar-refractivity contribution < 1.29 is 27.7 Å². The molecule has 1 unspecified atom stereocenters. The Morgan fingerprint density at radius 2 is 1.29 bits per heavy atom. The van der Waals surface area contributed by atoms with Gasteiger partial charge in [-0.3, -0.25) is 4.57 Å². The molecule has 1 aliphatic heterocycles. The van der Waals surface area contributed by atoms with Gasteiger partial charge in [0.15, 0.2) is 29.4 Å². The van der Waals surface area contributed by atoms with E-state index in [9.17, 15) is 0 Å². The predicted molar refractivity (Wildman–Crippen MR) is 205 cm³/mol. The fourth-order valence-corrected chi connectivity index (χ4v) is 7.16. The highest BCUT2D eigenvalue weighted by Crippen LogP contribution is 2.42. The zero-order valence-corrected chi connectivity index (χ0v) is 30.0. The third kappa shape index (κ3) is 7.42. The molecule has 0 radical (unpaired) electrons. The highest BCUT2D eigenvalue weighted by molar-refractivity contribution is 5.84. The lowest BCUT2D eigenvalue weighted by molar-refractivity contribution is -0.0819. The summed E-state index contributed by atoms with van der Waals surface area (Å²) in [5.74, 6) is 0.790. The van der Waals surface area contributed by atoms with Crippen molar-refractivity contribution in [1.29, 1.82) is 0 Å². The van der Waals surface area contributed by atoms with Crippen LogP contribution in [0.4, 0.5) is 14.6 Å². The molecule has 9 nitrogen and oxygen atoms in total. The van der Waals surface area contributed by atoms with Crippen molar-refractivity contribution in [3.05, 3.63) is 186 Å². The van der Waals surface area contributed by atoms with Crippen molar-refractivity contribution in [1.82, 2.24) is 19.5 Å². The summed E-state index contributed by atoms with van der Waals surface area (Å²) >= 11 is 0. The number of imidazole rings is 1. The Morgan fingerprint density at radius 3 is 1.89 bits per heavy atom. The molecule has 4 atom stereocenters. The highest BCUT2D eigenvalue weighted by Gasteiger charge is 2.48. The number of ether oxygens (including phenoxy) is 4. The molecule has 3 heterocycles. The summed E-state index contributed by atoms with van der Waals surface area (Å²) in [5.41, 5.74) is 3.61. The van der Waals surface area contributed by atoms with E-state index < -0.39 is 36.2 Å². The van der Waals surface area contributed by atoms with E-state index in [2.05, 4.69) is 20.3 Å². The number of rotatable bonds is 14. The Labute approximate surface area is 317 Å². The summed E-state index contributed by atoms with van der Waals surface area (Å²) in [5, 5.41) is 3.59. The zero-order valence-electron chi connectivity index (χ0n) is 30.0. The molecule has 1 N–H and O–H groups in total. The topological polar surface area (TPSA) is 92.6 Å². The van der Waals surface area contributed by atoms with Crippen LogP contribution < -0.4 is 10.1 Å². The lowest BCUT2D eigenvalue weighted by atomic mass is 9.77. The fourth-order valence-electron chi connectivity index (χ4n) is 7.16. The smallest absolute Gasteiger partial charge is 0.312 e. The summed E-state index contributed by atoms with van der Waals surface area (Å²) in [6.07, 6.45) is -4.31. The Morgan fingerprint density at radius 1 is 0.727 bits per heavy atom. The standard InChI is InChI=1S/C44H39F2N5O4/c1-52-35-24-22-34(23-25-35)44(32-18-10-4-11-19-32,33-20-12-5-13-21-33)50-40-38-41(49-43(46)48-40)51(29-47-38)42-37(45)39(54-27-31-16-8-3-9-17-31)36(55-42)28-53-26-30-14-6-2-7-15-30/h2-25,29,36-37,39,42H,26-28H2,1H3,(H,48,49,50)/t36?,37-,39+,42+/m0/s1. The van der Waals surface area contributed by atoms with Gasteiger partial charge in [0.2, 0.25) is 0 Å². The first-order valence-electron chi connectivity index (χ1n) is 18.0. The van der Waals surface area contributed by atoms with Gasteiger partial charge >= 0.3 is 6.08 Å². The van der Waals surface area contributed by atoms with Crippen molar-refractivity contribution >= 4 is 17.0 Å². The summed E-state index contributed by atoms with van der Waals surface area (Å²) in [7, 11) is 1.61. The van der Waals surface area contributed by atoms with Crippen LogP contribution in [-0.4, -0.2) is 51.6 Å². The fraction of sp³-hybridized carbons (Fsp3) is 0.205. The number of methoxy groups -OCH3 is 1. The summed E-state index contributed by atoms with van der Waals surface area (Å²) < 4.78 is 57.9. The van der Waals surface area contributed by atoms with Gasteiger partial charge in [-0.2, -0.15) is 14.4 Å². The molecule has 0 amide bonds. The molecule has 5 aromatic carbocycles. The van der Waals surface area contributed by atoms with E-state index >= 15 is 8.78 Å². The maximum atomic E-state index is 16.7. The minimum absolute atomic E-state index is 0.0556. The van der Waals surface area contributed by atoms with Gasteiger partial charge in [-0.1, -0.05) is 133 Å². The van der Waals surface area contributed by atoms with Crippen LogP contribution >= 0.6 is 0 Å². The van der Waals surface area contributed by atoms with E-state index in [0.29, 0.717) is 12.4 Å². The minimum Gasteiger partial charge on any atom is -0.497 e. The quantitative estimate of drug-likeness (QED) is 0.0879. The summed E-state index contributed by atoms with van der Waals surface area (Å²) in [6.45, 7) is 0.541. The SMILES string of the molecule is COc1ccc(C(Nc2nc(F)nc3c2ncn3[C@@H]2OC(COCc3ccccc3)[C@@H](OCc3ccccc3)[C@@H]2F)(c2ccccc2)c2ccccc2)cc1. The van der Waals surface area contributed by atoms with Gasteiger partial charge in [-0.25, -0.2) is 9.37 Å². The van der Waals surface area contributed by atoms with Crippen LogP contribution in [0.5, 0.6) is 5.75 Å². The number of nitrogens with zero attached hydrogens (tertiary/aromatic N) is 4. The van der Waals surface area contributed by atoms with Crippen molar-refractivity contribution in [2.24, 2.45) is 0 Å². The van der Waals surface area contributed by atoms with Crippen molar-refractivity contribution in [3.8, 4) is 5.75 Å². The Balaban J connectivity index is 1.17. The maximum absolute atomic E-state index is 16.7. The lowest BCUT2D eigenvalue weighted by Crippen LogP contribution is -2.38. The Hall–Kier alpha value is -6.01. The average molecular weight is 740 g/mol. The number of benzene rings is 5. The first kappa shape index (κ1) is 36.0. The van der Waals surface area contributed by atoms with E-state index in [1.807, 2.05) is 146 Å². The van der Waals surface area contributed by atoms with Crippen molar-refractivity contribution in [3.63, 3.8) is 0 Å². The van der Waals surface area contributed by atoms with Gasteiger partial charge in [0.05, 0.1) is 33.3 Å². The van der Waals surface area contributed by atoms with Crippen LogP contribution in [0.3, 0.4) is 0 Å².